The molecule has 50 heavy (non-hydrogen) atoms. The van der Waals surface area contributed by atoms with E-state index in [2.05, 4.69) is 0 Å². The summed E-state index contributed by atoms with van der Waals surface area (Å²) in [6.45, 7) is 0. The van der Waals surface area contributed by atoms with E-state index in [9.17, 15) is 9.59 Å². The van der Waals surface area contributed by atoms with Crippen molar-refractivity contribution in [2.24, 2.45) is 15.7 Å². The molecule has 4 aromatic carbocycles. The van der Waals surface area contributed by atoms with E-state index >= 15 is 0 Å². The van der Waals surface area contributed by atoms with Crippen molar-refractivity contribution < 1.29 is 18.0 Å². The Bertz CT molecular complexity index is 2270. The number of rotatable bonds is 10. The summed E-state index contributed by atoms with van der Waals surface area (Å²) in [6, 6.07) is 22.7. The second-order valence-corrected chi connectivity index (χ2v) is 16.1. The van der Waals surface area contributed by atoms with Crippen LogP contribution in [0.15, 0.2) is 92.6 Å². The van der Waals surface area contributed by atoms with Crippen LogP contribution < -0.4 is 36.0 Å². The van der Waals surface area contributed by atoms with Crippen LogP contribution in [0.1, 0.15) is 12.8 Å². The predicted molar refractivity (Wildman–Crippen MR) is 203 cm³/mol. The Morgan fingerprint density at radius 2 is 1.02 bits per heavy atom. The molecule has 2 N–H and O–H groups in total. The number of anilines is 4. The Morgan fingerprint density at radius 1 is 0.620 bits per heavy atom. The second kappa shape index (κ2) is 14.3. The fraction of sp³-hybridized carbons (Fsp3) is 0.297. The van der Waals surface area contributed by atoms with E-state index in [1.165, 1.54) is 0 Å². The molecule has 0 aliphatic carbocycles. The highest BCUT2D eigenvalue weighted by Gasteiger charge is 2.25. The number of hydrogen-bond acceptors (Lipinski definition) is 11. The van der Waals surface area contributed by atoms with Crippen LogP contribution in [0.2, 0.25) is 0 Å². The molecule has 0 saturated carbocycles. The van der Waals surface area contributed by atoms with E-state index in [1.807, 2.05) is 149 Å². The van der Waals surface area contributed by atoms with Gasteiger partial charge >= 0.3 is 11.9 Å². The minimum absolute atomic E-state index is 0.0607. The molecule has 2 heterocycles. The molecule has 0 amide bonds. The van der Waals surface area contributed by atoms with Gasteiger partial charge in [0.1, 0.15) is 6.04 Å². The minimum Gasteiger partial charge on any atom is -0.394 e. The van der Waals surface area contributed by atoms with E-state index in [1.54, 1.807) is 0 Å². The summed E-state index contributed by atoms with van der Waals surface area (Å²) in [4.78, 5) is 46.5. The minimum atomic E-state index is -1.09. The summed E-state index contributed by atoms with van der Waals surface area (Å²) in [5.74, 6) is -1.05. The standard InChI is InChI=1S/C37H43N7O4S2/c1-41(2)23-9-14-28-32(19-23)49(33-20-24(42(3)4)10-15-29(33)39-28)47-36(45)18-13-27(38)37(46)48-50-34-21-25(43(5)6)11-16-30(34)40-31-17-12-26(44(7)8)22-35(31)50/h9-12,14-17,19-22,27H,13,18,38H2,1-8H3/t27-/m1/s1. The van der Waals surface area contributed by atoms with Gasteiger partial charge in [-0.15, -0.1) is 0 Å². The summed E-state index contributed by atoms with van der Waals surface area (Å²) in [5.41, 5.74) is 11.8. The first-order valence-corrected chi connectivity index (χ1v) is 18.5. The molecule has 2 unspecified atom stereocenters. The summed E-state index contributed by atoms with van der Waals surface area (Å²) < 4.78 is 14.1. The van der Waals surface area contributed by atoms with Gasteiger partial charge in [-0.05, 0) is 79.2 Å². The summed E-state index contributed by atoms with van der Waals surface area (Å²) in [6.07, 6.45) is -0.000641. The molecule has 13 heteroatoms. The quantitative estimate of drug-likeness (QED) is 0.217. The zero-order chi connectivity index (χ0) is 35.9. The summed E-state index contributed by atoms with van der Waals surface area (Å²) in [5, 5.41) is 1.50. The number of carbonyl (C=O) groups is 2. The lowest BCUT2D eigenvalue weighted by Gasteiger charge is -2.22. The van der Waals surface area contributed by atoms with E-state index in [-0.39, 0.29) is 12.8 Å². The number of fused-ring (bicyclic) bond motifs is 4. The summed E-state index contributed by atoms with van der Waals surface area (Å²) in [7, 11) is 13.6. The van der Waals surface area contributed by atoms with Gasteiger partial charge in [0.05, 0.1) is 40.9 Å². The van der Waals surface area contributed by atoms with Crippen molar-refractivity contribution >= 4 is 67.6 Å². The largest absolute Gasteiger partial charge is 0.394 e. The van der Waals surface area contributed by atoms with Gasteiger partial charge in [0.2, 0.25) is 0 Å². The Labute approximate surface area is 297 Å². The number of nitrogens with zero attached hydrogens (tertiary/aromatic N) is 6. The molecule has 0 radical (unpaired) electrons. The van der Waals surface area contributed by atoms with Gasteiger partial charge in [-0.1, -0.05) is 0 Å². The molecule has 0 saturated heterocycles. The van der Waals surface area contributed by atoms with Gasteiger partial charge in [0.25, 0.3) is 0 Å². The Morgan fingerprint density at radius 3 is 1.46 bits per heavy atom. The molecule has 2 aliphatic rings. The first kappa shape index (κ1) is 35.1. The molecule has 6 rings (SSSR count). The third-order valence-electron chi connectivity index (χ3n) is 8.42. The van der Waals surface area contributed by atoms with Crippen molar-refractivity contribution in [1.29, 1.82) is 0 Å². The maximum absolute atomic E-state index is 13.6. The average molecular weight is 714 g/mol. The highest BCUT2D eigenvalue weighted by molar-refractivity contribution is 8.06. The van der Waals surface area contributed by atoms with Gasteiger partial charge in [-0.3, -0.25) is 4.79 Å². The normalized spacial score (nSPS) is 15.9. The lowest BCUT2D eigenvalue weighted by Crippen LogP contribution is -2.32. The Kier molecular flexibility index (Phi) is 10.0. The lowest BCUT2D eigenvalue weighted by atomic mass is 10.2. The maximum atomic E-state index is 13.6. The molecule has 4 aromatic rings. The number of benzene rings is 4. The fourth-order valence-electron chi connectivity index (χ4n) is 5.43. The van der Waals surface area contributed by atoms with Gasteiger partial charge in [-0.25, -0.2) is 14.8 Å². The highest BCUT2D eigenvalue weighted by Crippen LogP contribution is 2.44. The van der Waals surface area contributed by atoms with E-state index < -0.39 is 39.5 Å². The van der Waals surface area contributed by atoms with Gasteiger partial charge < -0.3 is 33.7 Å². The molecular formula is C37H43N7O4S2. The molecule has 2 aliphatic heterocycles. The highest BCUT2D eigenvalue weighted by atomic mass is 32.2. The van der Waals surface area contributed by atoms with Crippen molar-refractivity contribution in [1.82, 2.24) is 0 Å². The third-order valence-corrected chi connectivity index (χ3v) is 12.0. The van der Waals surface area contributed by atoms with Gasteiger partial charge in [-0.2, -0.15) is 0 Å². The SMILES string of the molecule is CN(C)c1ccc2c(c1)S(OC(=O)CC[C@@H](N)C(=O)OS1=c3cc(N(C)C)ccc3=Nc3ccc(N(C)C)cc31)=c1cc(N(C)C)ccc1=N2. The first-order chi connectivity index (χ1) is 23.8. The first-order valence-electron chi connectivity index (χ1n) is 16.2. The zero-order valence-corrected chi connectivity index (χ0v) is 31.3. The Hall–Kier alpha value is -4.72. The number of carbonyl (C=O) groups excluding carboxylic acids is 2. The maximum Gasteiger partial charge on any atom is 0.334 e. The third kappa shape index (κ3) is 7.11. The topological polar surface area (TPSA) is 116 Å². The van der Waals surface area contributed by atoms with Crippen molar-refractivity contribution in [2.45, 2.75) is 28.7 Å². The predicted octanol–water partition coefficient (Wildman–Crippen LogP) is 5.36. The molecular weight excluding hydrogens is 671 g/mol. The van der Waals surface area contributed by atoms with Crippen LogP contribution in [0.5, 0.6) is 0 Å². The molecule has 0 fully saturated rings. The fourth-order valence-corrected chi connectivity index (χ4v) is 8.95. The zero-order valence-electron chi connectivity index (χ0n) is 29.6. The number of hydrogen-bond donors (Lipinski definition) is 1. The second-order valence-electron chi connectivity index (χ2n) is 12.9. The van der Waals surface area contributed by atoms with Crippen molar-refractivity contribution in [2.75, 3.05) is 76.0 Å². The van der Waals surface area contributed by atoms with Crippen LogP contribution in [0.25, 0.3) is 0 Å². The molecule has 0 bridgehead atoms. The van der Waals surface area contributed by atoms with Crippen LogP contribution in [0.4, 0.5) is 34.1 Å². The van der Waals surface area contributed by atoms with E-state index in [0.29, 0.717) is 0 Å². The van der Waals surface area contributed by atoms with Crippen LogP contribution in [0.3, 0.4) is 0 Å². The molecule has 262 valence electrons. The van der Waals surface area contributed by atoms with Crippen molar-refractivity contribution in [3.8, 4) is 0 Å². The van der Waals surface area contributed by atoms with Crippen LogP contribution in [-0.2, 0) is 18.0 Å². The molecule has 0 aromatic heterocycles. The monoisotopic (exact) mass is 713 g/mol. The molecule has 11 nitrogen and oxygen atoms in total. The number of nitrogens with two attached hydrogens (primary N) is 1. The smallest absolute Gasteiger partial charge is 0.334 e. The average Bonchev–Trinajstić information content (AvgIpc) is 3.09. The van der Waals surface area contributed by atoms with Crippen LogP contribution in [0, 0.1) is 9.02 Å². The van der Waals surface area contributed by atoms with E-state index in [0.717, 1.165) is 63.6 Å². The van der Waals surface area contributed by atoms with Crippen molar-refractivity contribution in [3.63, 3.8) is 0 Å². The molecule has 0 spiro atoms. The molecule has 3 atom stereocenters. The lowest BCUT2D eigenvalue weighted by molar-refractivity contribution is -0.135. The summed E-state index contributed by atoms with van der Waals surface area (Å²) >= 11 is 0. The van der Waals surface area contributed by atoms with Gasteiger partial charge in [0, 0.05) is 107 Å². The van der Waals surface area contributed by atoms with Crippen LogP contribution in [-0.4, -0.2) is 74.4 Å². The Balaban J connectivity index is 1.27. The van der Waals surface area contributed by atoms with E-state index in [4.69, 9.17) is 24.1 Å². The van der Waals surface area contributed by atoms with Gasteiger partial charge in [0.15, 0.2) is 0 Å². The van der Waals surface area contributed by atoms with Crippen LogP contribution >= 0.6 is 21.5 Å². The van der Waals surface area contributed by atoms with Crippen molar-refractivity contribution in [3.05, 3.63) is 92.5 Å².